The topological polar surface area (TPSA) is 84.9 Å². The molecule has 2 aliphatic rings. The van der Waals surface area contributed by atoms with Gasteiger partial charge in [0, 0.05) is 12.1 Å². The van der Waals surface area contributed by atoms with E-state index in [1.807, 2.05) is 60.7 Å². The Kier molecular flexibility index (Phi) is 8.07. The molecule has 7 nitrogen and oxygen atoms in total. The number of β-lactam (4-membered cyclic amide) rings is 1. The maximum atomic E-state index is 13.7. The van der Waals surface area contributed by atoms with Gasteiger partial charge in [0.05, 0.1) is 6.42 Å². The fourth-order valence-electron chi connectivity index (χ4n) is 4.78. The number of hydrogen-bond acceptors (Lipinski definition) is 6. The molecule has 3 aromatic carbocycles. The summed E-state index contributed by atoms with van der Waals surface area (Å²) in [5.74, 6) is -1.34. The Morgan fingerprint density at radius 3 is 2.15 bits per heavy atom. The molecule has 1 N–H and O–H groups in total. The van der Waals surface area contributed by atoms with Gasteiger partial charge in [-0.2, -0.15) is 0 Å². The van der Waals surface area contributed by atoms with Gasteiger partial charge in [0.25, 0.3) is 5.91 Å². The number of thioether (sulfide) groups is 1. The summed E-state index contributed by atoms with van der Waals surface area (Å²) in [7, 11) is 1.54. The van der Waals surface area contributed by atoms with Crippen LogP contribution in [0.15, 0.2) is 96.2 Å². The van der Waals surface area contributed by atoms with Gasteiger partial charge in [-0.15, -0.1) is 0 Å². The summed E-state index contributed by atoms with van der Waals surface area (Å²) in [6.07, 6.45) is -0.634. The van der Waals surface area contributed by atoms with Crippen LogP contribution in [0.5, 0.6) is 0 Å². The number of hydrogen-bond donors (Lipinski definition) is 1. The van der Waals surface area contributed by atoms with Crippen LogP contribution in [0.2, 0.25) is 5.02 Å². The highest BCUT2D eigenvalue weighted by molar-refractivity contribution is 8.00. The third-order valence-corrected chi connectivity index (χ3v) is 8.66. The van der Waals surface area contributed by atoms with E-state index in [0.29, 0.717) is 16.2 Å². The van der Waals surface area contributed by atoms with E-state index in [9.17, 15) is 14.4 Å². The van der Waals surface area contributed by atoms with Crippen LogP contribution in [0.25, 0.3) is 0 Å². The molecule has 0 unspecified atom stereocenters. The van der Waals surface area contributed by atoms with Gasteiger partial charge < -0.3 is 14.8 Å². The number of rotatable bonds is 8. The number of halogens is 1. The normalized spacial score (nSPS) is 20.4. The van der Waals surface area contributed by atoms with Gasteiger partial charge in [-0.05, 0) is 35.3 Å². The summed E-state index contributed by atoms with van der Waals surface area (Å²) in [6, 6.07) is 25.1. The van der Waals surface area contributed by atoms with E-state index in [0.717, 1.165) is 11.1 Å². The lowest BCUT2D eigenvalue weighted by Crippen LogP contribution is -2.71. The number of methoxy groups -OCH3 is 1. The summed E-state index contributed by atoms with van der Waals surface area (Å²) in [6.45, 7) is 1.75. The van der Waals surface area contributed by atoms with Crippen LogP contribution in [0.3, 0.4) is 0 Å². The fraction of sp³-hybridized carbons (Fsp3) is 0.233. The predicted molar refractivity (Wildman–Crippen MR) is 150 cm³/mol. The maximum Gasteiger partial charge on any atom is 0.356 e. The van der Waals surface area contributed by atoms with Crippen molar-refractivity contribution in [2.24, 2.45) is 0 Å². The van der Waals surface area contributed by atoms with Crippen LogP contribution in [-0.4, -0.2) is 46.6 Å². The molecule has 2 aliphatic heterocycles. The molecule has 0 aliphatic carbocycles. The molecular formula is C30H27ClN2O5S. The zero-order valence-electron chi connectivity index (χ0n) is 21.4. The lowest BCUT2D eigenvalue weighted by atomic mass is 10.0. The van der Waals surface area contributed by atoms with Crippen molar-refractivity contribution in [2.45, 2.75) is 36.3 Å². The van der Waals surface area contributed by atoms with E-state index in [4.69, 9.17) is 21.1 Å². The Morgan fingerprint density at radius 1 is 0.974 bits per heavy atom. The third kappa shape index (κ3) is 5.45. The molecule has 0 bridgehead atoms. The molecule has 0 saturated carbocycles. The molecule has 3 atom stereocenters. The van der Waals surface area contributed by atoms with Crippen LogP contribution in [-0.2, 0) is 30.3 Å². The molecule has 3 aromatic rings. The zero-order chi connectivity index (χ0) is 27.5. The van der Waals surface area contributed by atoms with Gasteiger partial charge >= 0.3 is 5.97 Å². The Labute approximate surface area is 236 Å². The molecule has 2 heterocycles. The lowest BCUT2D eigenvalue weighted by molar-refractivity contribution is -0.155. The first kappa shape index (κ1) is 27.0. The minimum absolute atomic E-state index is 0.0359. The van der Waals surface area contributed by atoms with Crippen LogP contribution in [0.1, 0.15) is 29.7 Å². The number of esters is 1. The van der Waals surface area contributed by atoms with Crippen molar-refractivity contribution in [2.75, 3.05) is 7.11 Å². The van der Waals surface area contributed by atoms with Crippen molar-refractivity contribution in [3.8, 4) is 0 Å². The Hall–Kier alpha value is -3.59. The molecule has 200 valence electrons. The van der Waals surface area contributed by atoms with E-state index in [1.54, 1.807) is 38.3 Å². The molecule has 2 amide bonds. The molecule has 0 radical (unpaired) electrons. The lowest BCUT2D eigenvalue weighted by Gasteiger charge is -2.51. The monoisotopic (exact) mass is 562 g/mol. The van der Waals surface area contributed by atoms with E-state index in [1.165, 1.54) is 16.7 Å². The van der Waals surface area contributed by atoms with E-state index >= 15 is 0 Å². The number of nitrogens with zero attached hydrogens (tertiary/aromatic N) is 1. The van der Waals surface area contributed by atoms with Gasteiger partial charge in [-0.1, -0.05) is 102 Å². The minimum Gasteiger partial charge on any atom is -0.448 e. The number of nitrogens with one attached hydrogen (secondary N) is 1. The summed E-state index contributed by atoms with van der Waals surface area (Å²) < 4.78 is 11.7. The molecule has 9 heteroatoms. The first-order valence-corrected chi connectivity index (χ1v) is 13.8. The average molecular weight is 563 g/mol. The first-order valence-electron chi connectivity index (χ1n) is 12.4. The molecule has 1 fully saturated rings. The Morgan fingerprint density at radius 2 is 1.56 bits per heavy atom. The molecule has 0 spiro atoms. The summed E-state index contributed by atoms with van der Waals surface area (Å²) in [4.78, 5) is 41.3. The molecule has 0 aromatic heterocycles. The maximum absolute atomic E-state index is 13.7. The van der Waals surface area contributed by atoms with Gasteiger partial charge in [0.1, 0.15) is 22.5 Å². The molecular weight excluding hydrogens is 536 g/mol. The van der Waals surface area contributed by atoms with Crippen LogP contribution in [0, 0.1) is 0 Å². The second-order valence-corrected chi connectivity index (χ2v) is 10.8. The highest BCUT2D eigenvalue weighted by atomic mass is 35.5. The Balaban J connectivity index is 1.37. The fourth-order valence-corrected chi connectivity index (χ4v) is 6.34. The van der Waals surface area contributed by atoms with Crippen molar-refractivity contribution in [1.29, 1.82) is 0 Å². The van der Waals surface area contributed by atoms with Crippen molar-refractivity contribution in [1.82, 2.24) is 10.2 Å². The number of amides is 2. The van der Waals surface area contributed by atoms with Crippen molar-refractivity contribution < 1.29 is 23.9 Å². The minimum atomic E-state index is -0.808. The molecule has 5 rings (SSSR count). The van der Waals surface area contributed by atoms with E-state index < -0.39 is 28.9 Å². The van der Waals surface area contributed by atoms with Crippen molar-refractivity contribution in [3.05, 3.63) is 118 Å². The largest absolute Gasteiger partial charge is 0.448 e. The SMILES string of the molecule is CO[C@H]1S[C@H]2[C@@H](NC(=O)Cc3ccccc3Cl)C(=O)N2C(C(=O)OC(c2ccccc2)c2ccccc2)=C1C. The highest BCUT2D eigenvalue weighted by Gasteiger charge is 2.56. The van der Waals surface area contributed by atoms with Gasteiger partial charge in [-0.25, -0.2) is 4.79 Å². The predicted octanol–water partition coefficient (Wildman–Crippen LogP) is 4.86. The zero-order valence-corrected chi connectivity index (χ0v) is 22.9. The standard InChI is InChI=1S/C30H27ClN2O5S/c1-18-25(29(36)38-26(19-11-5-3-6-12-19)20-13-7-4-8-14-20)33-27(35)24(28(33)39-30(18)37-2)32-23(34)17-21-15-9-10-16-22(21)31/h3-16,24,26,28,30H,17H2,1-2H3,(H,32,34)/t24-,28-,30-/m0/s1. The van der Waals surface area contributed by atoms with Crippen molar-refractivity contribution in [3.63, 3.8) is 0 Å². The van der Waals surface area contributed by atoms with E-state index in [2.05, 4.69) is 5.32 Å². The van der Waals surface area contributed by atoms with Crippen LogP contribution < -0.4 is 5.32 Å². The number of fused-ring (bicyclic) bond motifs is 1. The highest BCUT2D eigenvalue weighted by Crippen LogP contribution is 2.45. The Bertz CT molecular complexity index is 1380. The van der Waals surface area contributed by atoms with E-state index in [-0.39, 0.29) is 23.9 Å². The molecule has 39 heavy (non-hydrogen) atoms. The number of carbonyl (C=O) groups is 3. The number of benzene rings is 3. The summed E-state index contributed by atoms with van der Waals surface area (Å²) in [5, 5.41) is 2.78. The quantitative estimate of drug-likeness (QED) is 0.312. The first-order chi connectivity index (χ1) is 18.9. The number of carbonyl (C=O) groups excluding carboxylic acids is 3. The van der Waals surface area contributed by atoms with Crippen molar-refractivity contribution >= 4 is 41.1 Å². The van der Waals surface area contributed by atoms with Gasteiger partial charge in [0.15, 0.2) is 6.10 Å². The number of ether oxygens (including phenoxy) is 2. The van der Waals surface area contributed by atoms with Crippen LogP contribution in [0.4, 0.5) is 0 Å². The second kappa shape index (κ2) is 11.7. The third-order valence-electron chi connectivity index (χ3n) is 6.74. The molecule has 1 saturated heterocycles. The summed E-state index contributed by atoms with van der Waals surface area (Å²) in [5.41, 5.74) is 2.51. The average Bonchev–Trinajstić information content (AvgIpc) is 2.96. The smallest absolute Gasteiger partial charge is 0.356 e. The second-order valence-electron chi connectivity index (χ2n) is 9.25. The summed E-state index contributed by atoms with van der Waals surface area (Å²) >= 11 is 7.56. The van der Waals surface area contributed by atoms with Gasteiger partial charge in [-0.3, -0.25) is 14.5 Å². The van der Waals surface area contributed by atoms with Gasteiger partial charge in [0.2, 0.25) is 5.91 Å². The van der Waals surface area contributed by atoms with Crippen LogP contribution >= 0.6 is 23.4 Å².